The highest BCUT2D eigenvalue weighted by Crippen LogP contribution is 2.28. The summed E-state index contributed by atoms with van der Waals surface area (Å²) in [6.45, 7) is 5.65. The number of likely N-dealkylation sites (tertiary alicyclic amines) is 1. The average molecular weight is 233 g/mol. The number of hydrogen-bond donors (Lipinski definition) is 1. The molecule has 17 heavy (non-hydrogen) atoms. The van der Waals surface area contributed by atoms with E-state index in [9.17, 15) is 0 Å². The molecule has 2 rings (SSSR count). The lowest BCUT2D eigenvalue weighted by Crippen LogP contribution is -2.28. The zero-order valence-electron chi connectivity index (χ0n) is 11.1. The number of nitrogens with two attached hydrogens (primary N) is 1. The third-order valence-electron chi connectivity index (χ3n) is 3.67. The van der Waals surface area contributed by atoms with Gasteiger partial charge in [0.25, 0.3) is 0 Å². The number of nitrogen functional groups attached to an aromatic ring is 1. The van der Waals surface area contributed by atoms with E-state index in [4.69, 9.17) is 5.73 Å². The Balaban J connectivity index is 2.07. The fourth-order valence-corrected chi connectivity index (χ4v) is 2.86. The molecule has 1 saturated heterocycles. The maximum Gasteiger partial charge on any atom is 0.0627 e. The second-order valence-electron chi connectivity index (χ2n) is 5.31. The highest BCUT2D eigenvalue weighted by Gasteiger charge is 2.21. The fraction of sp³-hybridized carbons (Fsp3) is 0.571. The van der Waals surface area contributed by atoms with Crippen LogP contribution in [0.1, 0.15) is 12.0 Å². The van der Waals surface area contributed by atoms with Crippen LogP contribution in [-0.2, 0) is 0 Å². The van der Waals surface area contributed by atoms with Crippen molar-refractivity contribution >= 4 is 11.4 Å². The van der Waals surface area contributed by atoms with Gasteiger partial charge in [-0.1, -0.05) is 12.1 Å². The molecule has 1 aliphatic rings. The Hall–Kier alpha value is -1.22. The Morgan fingerprint density at radius 3 is 2.82 bits per heavy atom. The topological polar surface area (TPSA) is 32.5 Å². The molecule has 2 N–H and O–H groups in total. The molecule has 3 heteroatoms. The van der Waals surface area contributed by atoms with Gasteiger partial charge in [-0.3, -0.25) is 0 Å². The van der Waals surface area contributed by atoms with Gasteiger partial charge in [-0.05, 0) is 44.5 Å². The lowest BCUT2D eigenvalue weighted by molar-refractivity contribution is 0.396. The van der Waals surface area contributed by atoms with Crippen molar-refractivity contribution in [3.05, 3.63) is 23.8 Å². The van der Waals surface area contributed by atoms with Gasteiger partial charge in [0.2, 0.25) is 0 Å². The normalized spacial score (nSPS) is 20.8. The smallest absolute Gasteiger partial charge is 0.0627 e. The number of rotatable bonds is 3. The Morgan fingerprint density at radius 2 is 2.24 bits per heavy atom. The first-order chi connectivity index (χ1) is 8.08. The molecule has 0 bridgehead atoms. The maximum atomic E-state index is 6.07. The molecule has 1 fully saturated rings. The number of anilines is 2. The van der Waals surface area contributed by atoms with Gasteiger partial charge in [0, 0.05) is 20.1 Å². The summed E-state index contributed by atoms with van der Waals surface area (Å²) in [6, 6.07) is 6.13. The van der Waals surface area contributed by atoms with E-state index < -0.39 is 0 Å². The van der Waals surface area contributed by atoms with Crippen LogP contribution in [0.25, 0.3) is 0 Å². The standard InChI is InChI=1S/C14H23N3/c1-11-5-4-6-13(15)14(11)17(3)10-12-7-8-16(2)9-12/h4-6,12H,7-10,15H2,1-3H3. The molecule has 0 aromatic heterocycles. The van der Waals surface area contributed by atoms with E-state index in [1.54, 1.807) is 0 Å². The summed E-state index contributed by atoms with van der Waals surface area (Å²) in [5.41, 5.74) is 9.42. The van der Waals surface area contributed by atoms with E-state index in [2.05, 4.69) is 36.9 Å². The Morgan fingerprint density at radius 1 is 1.47 bits per heavy atom. The molecule has 0 spiro atoms. The molecule has 0 saturated carbocycles. The predicted octanol–water partition coefficient (Wildman–Crippen LogP) is 1.97. The molecule has 1 aromatic rings. The van der Waals surface area contributed by atoms with Crippen molar-refractivity contribution in [2.75, 3.05) is 44.4 Å². The van der Waals surface area contributed by atoms with Crippen LogP contribution in [0.4, 0.5) is 11.4 Å². The van der Waals surface area contributed by atoms with Crippen LogP contribution in [0.15, 0.2) is 18.2 Å². The van der Waals surface area contributed by atoms with Gasteiger partial charge in [-0.2, -0.15) is 0 Å². The van der Waals surface area contributed by atoms with Crippen LogP contribution in [0.5, 0.6) is 0 Å². The SMILES string of the molecule is Cc1cccc(N)c1N(C)CC1CCN(C)C1. The Bertz CT molecular complexity index is 369. The lowest BCUT2D eigenvalue weighted by Gasteiger charge is -2.26. The van der Waals surface area contributed by atoms with E-state index in [1.165, 1.54) is 30.8 Å². The summed E-state index contributed by atoms with van der Waals surface area (Å²) in [5.74, 6) is 0.768. The van der Waals surface area contributed by atoms with Crippen LogP contribution >= 0.6 is 0 Å². The molecule has 0 amide bonds. The number of benzene rings is 1. The Labute approximate surface area is 104 Å². The van der Waals surface area contributed by atoms with E-state index in [-0.39, 0.29) is 0 Å². The summed E-state index contributed by atoms with van der Waals surface area (Å²) in [6.07, 6.45) is 1.30. The number of aryl methyl sites for hydroxylation is 1. The van der Waals surface area contributed by atoms with Gasteiger partial charge >= 0.3 is 0 Å². The molecule has 1 unspecified atom stereocenters. The van der Waals surface area contributed by atoms with Gasteiger partial charge in [-0.15, -0.1) is 0 Å². The van der Waals surface area contributed by atoms with E-state index in [0.717, 1.165) is 18.2 Å². The van der Waals surface area contributed by atoms with Gasteiger partial charge in [0.15, 0.2) is 0 Å². The monoisotopic (exact) mass is 233 g/mol. The van der Waals surface area contributed by atoms with Crippen LogP contribution in [0.2, 0.25) is 0 Å². The molecule has 3 nitrogen and oxygen atoms in total. The molecule has 1 aliphatic heterocycles. The fourth-order valence-electron chi connectivity index (χ4n) is 2.86. The molecule has 1 atom stereocenters. The zero-order valence-corrected chi connectivity index (χ0v) is 11.1. The van der Waals surface area contributed by atoms with Gasteiger partial charge in [0.05, 0.1) is 11.4 Å². The molecule has 94 valence electrons. The first kappa shape index (κ1) is 12.2. The average Bonchev–Trinajstić information content (AvgIpc) is 2.63. The summed E-state index contributed by atoms with van der Waals surface area (Å²) in [4.78, 5) is 4.72. The summed E-state index contributed by atoms with van der Waals surface area (Å²) >= 11 is 0. The molecule has 0 aliphatic carbocycles. The highest BCUT2D eigenvalue weighted by atomic mass is 15.2. The minimum absolute atomic E-state index is 0.768. The molecular formula is C14H23N3. The number of hydrogen-bond acceptors (Lipinski definition) is 3. The second kappa shape index (κ2) is 4.96. The van der Waals surface area contributed by atoms with Crippen molar-refractivity contribution in [1.29, 1.82) is 0 Å². The Kier molecular flexibility index (Phi) is 3.57. The predicted molar refractivity (Wildman–Crippen MR) is 74.5 cm³/mol. The van der Waals surface area contributed by atoms with Crippen LogP contribution in [0, 0.1) is 12.8 Å². The number of nitrogens with zero attached hydrogens (tertiary/aromatic N) is 2. The van der Waals surface area contributed by atoms with E-state index >= 15 is 0 Å². The van der Waals surface area contributed by atoms with Crippen LogP contribution in [-0.4, -0.2) is 38.6 Å². The number of para-hydroxylation sites is 1. The minimum Gasteiger partial charge on any atom is -0.397 e. The largest absolute Gasteiger partial charge is 0.397 e. The van der Waals surface area contributed by atoms with Crippen molar-refractivity contribution in [1.82, 2.24) is 4.90 Å². The summed E-state index contributed by atoms with van der Waals surface area (Å²) in [7, 11) is 4.35. The van der Waals surface area contributed by atoms with Crippen molar-refractivity contribution in [2.45, 2.75) is 13.3 Å². The first-order valence-corrected chi connectivity index (χ1v) is 6.32. The molecular weight excluding hydrogens is 210 g/mol. The van der Waals surface area contributed by atoms with Crippen LogP contribution in [0.3, 0.4) is 0 Å². The quantitative estimate of drug-likeness (QED) is 0.810. The maximum absolute atomic E-state index is 6.07. The highest BCUT2D eigenvalue weighted by molar-refractivity contribution is 5.71. The third-order valence-corrected chi connectivity index (χ3v) is 3.67. The molecule has 1 aromatic carbocycles. The molecule has 1 heterocycles. The van der Waals surface area contributed by atoms with Gasteiger partial charge in [-0.25, -0.2) is 0 Å². The van der Waals surface area contributed by atoms with Gasteiger partial charge < -0.3 is 15.5 Å². The molecule has 0 radical (unpaired) electrons. The summed E-state index contributed by atoms with van der Waals surface area (Å²) in [5, 5.41) is 0. The lowest BCUT2D eigenvalue weighted by atomic mass is 10.1. The van der Waals surface area contributed by atoms with Crippen molar-refractivity contribution in [3.63, 3.8) is 0 Å². The van der Waals surface area contributed by atoms with Crippen molar-refractivity contribution < 1.29 is 0 Å². The third kappa shape index (κ3) is 2.72. The van der Waals surface area contributed by atoms with E-state index in [1.807, 2.05) is 12.1 Å². The first-order valence-electron chi connectivity index (χ1n) is 6.32. The van der Waals surface area contributed by atoms with Crippen molar-refractivity contribution in [3.8, 4) is 0 Å². The van der Waals surface area contributed by atoms with Crippen LogP contribution < -0.4 is 10.6 Å². The summed E-state index contributed by atoms with van der Waals surface area (Å²) < 4.78 is 0. The van der Waals surface area contributed by atoms with Gasteiger partial charge in [0.1, 0.15) is 0 Å². The van der Waals surface area contributed by atoms with E-state index in [0.29, 0.717) is 0 Å². The zero-order chi connectivity index (χ0) is 12.4. The minimum atomic E-state index is 0.768. The van der Waals surface area contributed by atoms with Crippen molar-refractivity contribution in [2.24, 2.45) is 5.92 Å². The second-order valence-corrected chi connectivity index (χ2v) is 5.31.